The van der Waals surface area contributed by atoms with Crippen molar-refractivity contribution in [3.05, 3.63) is 53.7 Å². The second-order valence-corrected chi connectivity index (χ2v) is 6.97. The van der Waals surface area contributed by atoms with Gasteiger partial charge in [-0.1, -0.05) is 12.1 Å². The lowest BCUT2D eigenvalue weighted by molar-refractivity contribution is -0.123. The van der Waals surface area contributed by atoms with E-state index in [9.17, 15) is 14.0 Å². The number of aromatic nitrogens is 1. The summed E-state index contributed by atoms with van der Waals surface area (Å²) < 4.78 is 18.6. The molecule has 3 N–H and O–H groups in total. The van der Waals surface area contributed by atoms with E-state index in [0.717, 1.165) is 11.3 Å². The fraction of sp³-hybridized carbons (Fsp3) is 0.105. The summed E-state index contributed by atoms with van der Waals surface area (Å²) >= 11 is 1.35. The molecule has 1 aliphatic heterocycles. The minimum absolute atomic E-state index is 0.203. The number of hydrogen-bond donors (Lipinski definition) is 2. The topological polar surface area (TPSA) is 97.5 Å². The van der Waals surface area contributed by atoms with Gasteiger partial charge in [0.15, 0.2) is 11.7 Å². The van der Waals surface area contributed by atoms with Gasteiger partial charge in [0.05, 0.1) is 11.4 Å². The normalized spacial score (nSPS) is 13.0. The van der Waals surface area contributed by atoms with Gasteiger partial charge in [-0.2, -0.15) is 0 Å². The number of thiazole rings is 1. The van der Waals surface area contributed by atoms with E-state index in [0.29, 0.717) is 16.5 Å². The zero-order valence-corrected chi connectivity index (χ0v) is 15.3. The maximum atomic E-state index is 13.4. The number of benzene rings is 2. The minimum atomic E-state index is -0.473. The molecule has 3 aromatic rings. The lowest BCUT2D eigenvalue weighted by Crippen LogP contribution is -2.43. The van der Waals surface area contributed by atoms with Gasteiger partial charge in [-0.05, 0) is 24.3 Å². The van der Waals surface area contributed by atoms with E-state index in [1.807, 2.05) is 17.5 Å². The zero-order chi connectivity index (χ0) is 19.7. The van der Waals surface area contributed by atoms with Gasteiger partial charge in [0.25, 0.3) is 5.91 Å². The third-order valence-corrected chi connectivity index (χ3v) is 4.83. The van der Waals surface area contributed by atoms with Crippen LogP contribution in [0.3, 0.4) is 0 Å². The quantitative estimate of drug-likeness (QED) is 0.704. The Balaban J connectivity index is 1.45. The molecule has 0 saturated heterocycles. The maximum Gasteiger partial charge on any atom is 0.265 e. The number of halogens is 1. The first-order valence-corrected chi connectivity index (χ1v) is 9.21. The molecule has 9 heteroatoms. The Morgan fingerprint density at radius 3 is 2.79 bits per heavy atom. The van der Waals surface area contributed by atoms with Gasteiger partial charge in [-0.25, -0.2) is 9.37 Å². The number of ether oxygens (including phenoxy) is 1. The molecule has 0 atom stereocenters. The molecule has 0 radical (unpaired) electrons. The number of amides is 2. The second kappa shape index (κ2) is 7.28. The summed E-state index contributed by atoms with van der Waals surface area (Å²) in [6.07, 6.45) is 0. The van der Waals surface area contributed by atoms with Crippen LogP contribution in [0.2, 0.25) is 0 Å². The lowest BCUT2D eigenvalue weighted by Gasteiger charge is -2.28. The highest BCUT2D eigenvalue weighted by molar-refractivity contribution is 7.13. The van der Waals surface area contributed by atoms with E-state index < -0.39 is 5.82 Å². The Labute approximate surface area is 163 Å². The predicted molar refractivity (Wildman–Crippen MR) is 105 cm³/mol. The summed E-state index contributed by atoms with van der Waals surface area (Å²) in [5.74, 6) is -0.986. The third kappa shape index (κ3) is 3.65. The largest absolute Gasteiger partial charge is 0.481 e. The monoisotopic (exact) mass is 398 g/mol. The predicted octanol–water partition coefficient (Wildman–Crippen LogP) is 2.90. The average molecular weight is 398 g/mol. The van der Waals surface area contributed by atoms with Crippen molar-refractivity contribution in [1.82, 2.24) is 4.98 Å². The number of nitrogen functional groups attached to an aromatic ring is 1. The summed E-state index contributed by atoms with van der Waals surface area (Å²) in [5.41, 5.74) is 8.23. The minimum Gasteiger partial charge on any atom is -0.481 e. The van der Waals surface area contributed by atoms with E-state index in [1.54, 1.807) is 12.1 Å². The van der Waals surface area contributed by atoms with Crippen LogP contribution in [-0.4, -0.2) is 29.9 Å². The van der Waals surface area contributed by atoms with Crippen molar-refractivity contribution >= 4 is 39.7 Å². The number of carbonyl (C=O) groups is 2. The van der Waals surface area contributed by atoms with Gasteiger partial charge in [-0.3, -0.25) is 14.5 Å². The molecular formula is C19H15FN4O3S. The van der Waals surface area contributed by atoms with Gasteiger partial charge < -0.3 is 15.8 Å². The maximum absolute atomic E-state index is 13.4. The number of hydrogen-bond acceptors (Lipinski definition) is 6. The molecule has 142 valence electrons. The first-order valence-electron chi connectivity index (χ1n) is 8.33. The van der Waals surface area contributed by atoms with Crippen LogP contribution in [-0.2, 0) is 9.59 Å². The van der Waals surface area contributed by atoms with Crippen LogP contribution in [0, 0.1) is 5.82 Å². The Morgan fingerprint density at radius 1 is 1.29 bits per heavy atom. The Kier molecular flexibility index (Phi) is 4.66. The molecule has 4 rings (SSSR count). The number of nitrogens with one attached hydrogen (secondary N) is 1. The molecule has 2 aromatic carbocycles. The Bertz CT molecular complexity index is 1050. The van der Waals surface area contributed by atoms with Crippen LogP contribution >= 0.6 is 11.3 Å². The average Bonchev–Trinajstić information content (AvgIpc) is 3.11. The fourth-order valence-electron chi connectivity index (χ4n) is 2.84. The van der Waals surface area contributed by atoms with Crippen molar-refractivity contribution in [3.63, 3.8) is 0 Å². The molecule has 0 saturated carbocycles. The molecule has 0 spiro atoms. The van der Waals surface area contributed by atoms with E-state index in [4.69, 9.17) is 10.5 Å². The number of carbonyl (C=O) groups excluding carboxylic acids is 2. The fourth-order valence-corrected chi connectivity index (χ4v) is 3.41. The Hall–Kier alpha value is -3.46. The highest BCUT2D eigenvalue weighted by Crippen LogP contribution is 2.32. The van der Waals surface area contributed by atoms with E-state index in [1.165, 1.54) is 34.4 Å². The van der Waals surface area contributed by atoms with Crippen molar-refractivity contribution in [1.29, 1.82) is 0 Å². The van der Waals surface area contributed by atoms with Crippen LogP contribution in [0.15, 0.2) is 47.8 Å². The number of fused-ring (bicyclic) bond motifs is 1. The first-order chi connectivity index (χ1) is 13.5. The zero-order valence-electron chi connectivity index (χ0n) is 14.5. The number of nitrogens with zero attached hydrogens (tertiary/aromatic N) is 2. The van der Waals surface area contributed by atoms with Crippen LogP contribution < -0.4 is 20.7 Å². The highest BCUT2D eigenvalue weighted by atomic mass is 32.1. The van der Waals surface area contributed by atoms with E-state index in [-0.39, 0.29) is 30.7 Å². The summed E-state index contributed by atoms with van der Waals surface area (Å²) in [5, 5.41) is 5.09. The van der Waals surface area contributed by atoms with Crippen LogP contribution in [0.4, 0.5) is 20.9 Å². The second-order valence-electron chi connectivity index (χ2n) is 6.08. The number of nitrogens with two attached hydrogens (primary N) is 1. The number of anilines is 3. The molecule has 0 bridgehead atoms. The summed E-state index contributed by atoms with van der Waals surface area (Å²) in [6.45, 7) is -0.444. The molecule has 1 aromatic heterocycles. The molecule has 7 nitrogen and oxygen atoms in total. The van der Waals surface area contributed by atoms with Gasteiger partial charge in [0.1, 0.15) is 18.1 Å². The van der Waals surface area contributed by atoms with Gasteiger partial charge in [0.2, 0.25) is 5.91 Å². The standard InChI is InChI=1S/C19H15FN4O3S/c20-12-3-6-15-16(7-12)27-9-18(26)24(15)8-17(25)22-13-4-1-11(2-5-13)14-10-28-19(21)23-14/h1-7,10H,8-9H2,(H2,21,23)(H,22,25). The highest BCUT2D eigenvalue weighted by Gasteiger charge is 2.27. The molecule has 2 heterocycles. The molecule has 0 unspecified atom stereocenters. The molecule has 28 heavy (non-hydrogen) atoms. The van der Waals surface area contributed by atoms with Crippen molar-refractivity contribution in [2.75, 3.05) is 29.1 Å². The van der Waals surface area contributed by atoms with Crippen molar-refractivity contribution in [3.8, 4) is 17.0 Å². The van der Waals surface area contributed by atoms with Crippen LogP contribution in [0.1, 0.15) is 0 Å². The van der Waals surface area contributed by atoms with Gasteiger partial charge in [-0.15, -0.1) is 11.3 Å². The summed E-state index contributed by atoms with van der Waals surface area (Å²) in [4.78, 5) is 30.0. The summed E-state index contributed by atoms with van der Waals surface area (Å²) in [6, 6.07) is 11.0. The molecule has 2 amide bonds. The molecule has 1 aliphatic rings. The van der Waals surface area contributed by atoms with Crippen LogP contribution in [0.25, 0.3) is 11.3 Å². The third-order valence-electron chi connectivity index (χ3n) is 4.15. The van der Waals surface area contributed by atoms with Crippen molar-refractivity contribution in [2.24, 2.45) is 0 Å². The SMILES string of the molecule is Nc1nc(-c2ccc(NC(=O)CN3C(=O)COc4cc(F)ccc43)cc2)cs1. The van der Waals surface area contributed by atoms with Crippen molar-refractivity contribution in [2.45, 2.75) is 0 Å². The van der Waals surface area contributed by atoms with Gasteiger partial charge in [0, 0.05) is 22.7 Å². The molecular weight excluding hydrogens is 383 g/mol. The molecule has 0 aliphatic carbocycles. The Morgan fingerprint density at radius 2 is 2.07 bits per heavy atom. The van der Waals surface area contributed by atoms with Crippen molar-refractivity contribution < 1.29 is 18.7 Å². The first kappa shape index (κ1) is 17.9. The van der Waals surface area contributed by atoms with E-state index >= 15 is 0 Å². The van der Waals surface area contributed by atoms with E-state index in [2.05, 4.69) is 10.3 Å². The van der Waals surface area contributed by atoms with Crippen LogP contribution in [0.5, 0.6) is 5.75 Å². The number of rotatable bonds is 4. The summed E-state index contributed by atoms with van der Waals surface area (Å²) in [7, 11) is 0. The smallest absolute Gasteiger partial charge is 0.265 e. The van der Waals surface area contributed by atoms with Gasteiger partial charge >= 0.3 is 0 Å². The lowest BCUT2D eigenvalue weighted by atomic mass is 10.1. The molecule has 0 fully saturated rings.